The first-order valence-electron chi connectivity index (χ1n) is 9.82. The highest BCUT2D eigenvalue weighted by atomic mass is 32.1. The van der Waals surface area contributed by atoms with E-state index < -0.39 is 17.3 Å². The number of likely N-dealkylation sites (tertiary alicyclic amines) is 1. The van der Waals surface area contributed by atoms with Crippen LogP contribution >= 0.6 is 12.2 Å². The molecule has 0 bridgehead atoms. The van der Waals surface area contributed by atoms with E-state index in [0.717, 1.165) is 23.6 Å². The summed E-state index contributed by atoms with van der Waals surface area (Å²) in [4.78, 5) is 7.93. The number of nitrogens with zero attached hydrogens (tertiary/aromatic N) is 1. The van der Waals surface area contributed by atoms with Gasteiger partial charge in [-0.3, -0.25) is 10.3 Å². The quantitative estimate of drug-likeness (QED) is 0.655. The van der Waals surface area contributed by atoms with Crippen molar-refractivity contribution in [2.24, 2.45) is 0 Å². The first-order valence-corrected chi connectivity index (χ1v) is 10.2. The van der Waals surface area contributed by atoms with Gasteiger partial charge in [-0.05, 0) is 48.1 Å². The molecule has 2 heterocycles. The minimum atomic E-state index is -4.35. The highest BCUT2D eigenvalue weighted by Crippen LogP contribution is 2.36. The highest BCUT2D eigenvalue weighted by molar-refractivity contribution is 7.80. The summed E-state index contributed by atoms with van der Waals surface area (Å²) in [5.41, 5.74) is 3.91. The fraction of sp³-hybridized carbons (Fsp3) is 0.318. The summed E-state index contributed by atoms with van der Waals surface area (Å²) in [6.07, 6.45) is -0.989. The van der Waals surface area contributed by atoms with E-state index in [1.54, 1.807) is 7.11 Å². The van der Waals surface area contributed by atoms with Crippen LogP contribution in [0.5, 0.6) is 5.75 Å². The van der Waals surface area contributed by atoms with Crippen molar-refractivity contribution in [3.8, 4) is 5.75 Å². The molecule has 5 nitrogen and oxygen atoms in total. The van der Waals surface area contributed by atoms with Gasteiger partial charge in [0.1, 0.15) is 11.4 Å². The number of hydroxylamine groups is 1. The molecule has 2 aromatic carbocycles. The molecule has 1 fully saturated rings. The Morgan fingerprint density at radius 2 is 1.87 bits per heavy atom. The van der Waals surface area contributed by atoms with Crippen LogP contribution in [-0.2, 0) is 11.0 Å². The van der Waals surface area contributed by atoms with Crippen LogP contribution in [0.4, 0.5) is 18.9 Å². The number of hydrogen-bond acceptors (Lipinski definition) is 4. The van der Waals surface area contributed by atoms with Crippen LogP contribution < -0.4 is 15.5 Å². The van der Waals surface area contributed by atoms with E-state index in [-0.39, 0.29) is 0 Å². The summed E-state index contributed by atoms with van der Waals surface area (Å²) in [7, 11) is 1.61. The van der Waals surface area contributed by atoms with E-state index in [9.17, 15) is 13.2 Å². The zero-order chi connectivity index (χ0) is 22.1. The van der Waals surface area contributed by atoms with Crippen molar-refractivity contribution >= 4 is 28.7 Å². The fourth-order valence-corrected chi connectivity index (χ4v) is 4.00. The van der Waals surface area contributed by atoms with Gasteiger partial charge in [0.25, 0.3) is 0 Å². The normalized spacial score (nSPS) is 17.8. The van der Waals surface area contributed by atoms with Crippen molar-refractivity contribution in [1.82, 2.24) is 10.4 Å². The maximum absolute atomic E-state index is 12.8. The van der Waals surface area contributed by atoms with Crippen LogP contribution in [0.3, 0.4) is 0 Å². The standard InChI is InChI=1S/C22H22F3N3O2S/c1-29-18-4-2-3-17(13-18)26-20(31)28-11-9-21(10-12-28)14-19(27-30-21)15-5-7-16(8-6-15)22(23,24)25/h2-8,13-14,27H,9-12H2,1H3,(H,26,31). The molecular weight excluding hydrogens is 427 g/mol. The number of nitrogens with one attached hydrogen (secondary N) is 2. The summed E-state index contributed by atoms with van der Waals surface area (Å²) in [6, 6.07) is 12.6. The smallest absolute Gasteiger partial charge is 0.416 e. The monoisotopic (exact) mass is 449 g/mol. The second-order valence-corrected chi connectivity index (χ2v) is 7.94. The minimum Gasteiger partial charge on any atom is -0.497 e. The van der Waals surface area contributed by atoms with Gasteiger partial charge in [-0.15, -0.1) is 0 Å². The van der Waals surface area contributed by atoms with Gasteiger partial charge in [0.2, 0.25) is 0 Å². The molecule has 4 rings (SSSR count). The SMILES string of the molecule is COc1cccc(NC(=S)N2CCC3(C=C(c4ccc(C(F)(F)F)cc4)NO3)CC2)c1. The van der Waals surface area contributed by atoms with Gasteiger partial charge >= 0.3 is 6.18 Å². The van der Waals surface area contributed by atoms with Crippen LogP contribution in [0.15, 0.2) is 54.6 Å². The number of benzene rings is 2. The first-order chi connectivity index (χ1) is 14.8. The molecule has 2 N–H and O–H groups in total. The molecule has 0 unspecified atom stereocenters. The number of anilines is 1. The average molecular weight is 449 g/mol. The van der Waals surface area contributed by atoms with E-state index >= 15 is 0 Å². The lowest BCUT2D eigenvalue weighted by Gasteiger charge is -2.37. The topological polar surface area (TPSA) is 45.8 Å². The maximum Gasteiger partial charge on any atom is 0.416 e. The Hall–Kier alpha value is -2.78. The molecule has 0 aromatic heterocycles. The highest BCUT2D eigenvalue weighted by Gasteiger charge is 2.39. The Morgan fingerprint density at radius 3 is 2.52 bits per heavy atom. The third-order valence-corrected chi connectivity index (χ3v) is 5.87. The zero-order valence-corrected chi connectivity index (χ0v) is 17.6. The predicted octanol–water partition coefficient (Wildman–Crippen LogP) is 4.82. The molecule has 2 aromatic rings. The summed E-state index contributed by atoms with van der Waals surface area (Å²) in [5, 5.41) is 3.86. The van der Waals surface area contributed by atoms with Crippen LogP contribution in [0, 0.1) is 0 Å². The van der Waals surface area contributed by atoms with Crippen LogP contribution in [-0.4, -0.2) is 35.8 Å². The third-order valence-electron chi connectivity index (χ3n) is 5.51. The van der Waals surface area contributed by atoms with Crippen molar-refractivity contribution in [2.75, 3.05) is 25.5 Å². The number of methoxy groups -OCH3 is 1. The molecule has 0 atom stereocenters. The van der Waals surface area contributed by atoms with Crippen molar-refractivity contribution < 1.29 is 22.7 Å². The lowest BCUT2D eigenvalue weighted by Crippen LogP contribution is -2.48. The Labute approximate surface area is 183 Å². The van der Waals surface area contributed by atoms with Gasteiger partial charge in [0, 0.05) is 37.7 Å². The van der Waals surface area contributed by atoms with E-state index in [0.29, 0.717) is 42.3 Å². The Bertz CT molecular complexity index is 984. The molecule has 0 amide bonds. The summed E-state index contributed by atoms with van der Waals surface area (Å²) < 4.78 is 43.6. The Kier molecular flexibility index (Phi) is 5.81. The number of rotatable bonds is 3. The van der Waals surface area contributed by atoms with Crippen molar-refractivity contribution in [1.29, 1.82) is 0 Å². The number of hydrogen-bond donors (Lipinski definition) is 2. The van der Waals surface area contributed by atoms with Crippen LogP contribution in [0.1, 0.15) is 24.0 Å². The summed E-state index contributed by atoms with van der Waals surface area (Å²) in [5.74, 6) is 0.747. The average Bonchev–Trinajstić information content (AvgIpc) is 3.17. The largest absolute Gasteiger partial charge is 0.497 e. The second-order valence-electron chi connectivity index (χ2n) is 7.55. The maximum atomic E-state index is 12.8. The predicted molar refractivity (Wildman–Crippen MR) is 116 cm³/mol. The number of alkyl halides is 3. The van der Waals surface area contributed by atoms with E-state index in [2.05, 4.69) is 15.7 Å². The lowest BCUT2D eigenvalue weighted by atomic mass is 9.90. The molecule has 2 aliphatic rings. The molecule has 31 heavy (non-hydrogen) atoms. The number of ether oxygens (including phenoxy) is 1. The molecule has 9 heteroatoms. The third kappa shape index (κ3) is 4.77. The van der Waals surface area contributed by atoms with Crippen molar-refractivity contribution in [3.05, 3.63) is 65.7 Å². The number of halogens is 3. The molecule has 0 saturated carbocycles. The molecule has 1 spiro atoms. The number of piperidine rings is 1. The second kappa shape index (κ2) is 8.39. The Balaban J connectivity index is 1.37. The molecule has 0 aliphatic carbocycles. The Morgan fingerprint density at radius 1 is 1.16 bits per heavy atom. The van der Waals surface area contributed by atoms with Crippen molar-refractivity contribution in [2.45, 2.75) is 24.6 Å². The molecule has 1 saturated heterocycles. The summed E-state index contributed by atoms with van der Waals surface area (Å²) >= 11 is 5.55. The first kappa shape index (κ1) is 21.5. The van der Waals surface area contributed by atoms with Gasteiger partial charge in [-0.2, -0.15) is 13.2 Å². The van der Waals surface area contributed by atoms with Gasteiger partial charge in [-0.1, -0.05) is 18.2 Å². The molecule has 2 aliphatic heterocycles. The minimum absolute atomic E-state index is 0.500. The van der Waals surface area contributed by atoms with Gasteiger partial charge in [-0.25, -0.2) is 0 Å². The molecular formula is C22H22F3N3O2S. The zero-order valence-electron chi connectivity index (χ0n) is 16.8. The van der Waals surface area contributed by atoms with E-state index in [4.69, 9.17) is 21.8 Å². The van der Waals surface area contributed by atoms with Crippen LogP contribution in [0.2, 0.25) is 0 Å². The lowest BCUT2D eigenvalue weighted by molar-refractivity contribution is -0.137. The van der Waals surface area contributed by atoms with E-state index in [1.807, 2.05) is 30.3 Å². The number of thiocarbonyl (C=S) groups is 1. The van der Waals surface area contributed by atoms with Crippen LogP contribution in [0.25, 0.3) is 5.70 Å². The van der Waals surface area contributed by atoms with Gasteiger partial charge in [0.15, 0.2) is 5.11 Å². The molecule has 164 valence electrons. The molecule has 0 radical (unpaired) electrons. The van der Waals surface area contributed by atoms with Crippen molar-refractivity contribution in [3.63, 3.8) is 0 Å². The van der Waals surface area contributed by atoms with Gasteiger partial charge in [0.05, 0.1) is 18.4 Å². The fourth-order valence-electron chi connectivity index (χ4n) is 3.70. The summed E-state index contributed by atoms with van der Waals surface area (Å²) in [6.45, 7) is 1.38. The van der Waals surface area contributed by atoms with Gasteiger partial charge < -0.3 is 15.0 Å². The van der Waals surface area contributed by atoms with E-state index in [1.165, 1.54) is 12.1 Å².